The number of nitrogens with two attached hydrogens (primary N) is 1. The van der Waals surface area contributed by atoms with Crippen molar-refractivity contribution < 1.29 is 9.90 Å². The van der Waals surface area contributed by atoms with Crippen molar-refractivity contribution in [1.82, 2.24) is 9.80 Å². The SMILES string of the molecule is CN1CCCC2CN(CCC(N)C(=O)O)CCC21. The zero-order chi connectivity index (χ0) is 13.1. The lowest BCUT2D eigenvalue weighted by Crippen LogP contribution is -2.53. The van der Waals surface area contributed by atoms with Crippen molar-refractivity contribution in [2.75, 3.05) is 33.2 Å². The highest BCUT2D eigenvalue weighted by Crippen LogP contribution is 2.29. The summed E-state index contributed by atoms with van der Waals surface area (Å²) >= 11 is 0. The Morgan fingerprint density at radius 2 is 2.22 bits per heavy atom. The molecule has 2 aliphatic heterocycles. The van der Waals surface area contributed by atoms with E-state index in [1.54, 1.807) is 0 Å². The number of carbonyl (C=O) groups is 1. The lowest BCUT2D eigenvalue weighted by molar-refractivity contribution is -0.138. The molecule has 0 aromatic rings. The third-order valence-electron chi connectivity index (χ3n) is 4.50. The molecule has 0 aliphatic carbocycles. The molecular formula is C13H25N3O2. The predicted molar refractivity (Wildman–Crippen MR) is 70.4 cm³/mol. The number of fused-ring (bicyclic) bond motifs is 1. The smallest absolute Gasteiger partial charge is 0.320 e. The molecule has 2 heterocycles. The molecule has 104 valence electrons. The number of likely N-dealkylation sites (tertiary alicyclic amines) is 2. The second-order valence-corrected chi connectivity index (χ2v) is 5.77. The summed E-state index contributed by atoms with van der Waals surface area (Å²) in [6.45, 7) is 4.24. The van der Waals surface area contributed by atoms with Gasteiger partial charge in [0.1, 0.15) is 6.04 Å². The Hall–Kier alpha value is -0.650. The molecule has 0 saturated carbocycles. The van der Waals surface area contributed by atoms with Crippen LogP contribution in [0.15, 0.2) is 0 Å². The first kappa shape index (κ1) is 13.8. The van der Waals surface area contributed by atoms with E-state index >= 15 is 0 Å². The third kappa shape index (κ3) is 3.22. The van der Waals surface area contributed by atoms with Crippen LogP contribution in [0.5, 0.6) is 0 Å². The first-order valence-corrected chi connectivity index (χ1v) is 6.99. The van der Waals surface area contributed by atoms with Crippen molar-refractivity contribution in [1.29, 1.82) is 0 Å². The van der Waals surface area contributed by atoms with Crippen molar-refractivity contribution in [2.45, 2.75) is 37.8 Å². The van der Waals surface area contributed by atoms with Gasteiger partial charge in [-0.15, -0.1) is 0 Å². The van der Waals surface area contributed by atoms with Crippen LogP contribution in [0.2, 0.25) is 0 Å². The van der Waals surface area contributed by atoms with E-state index in [-0.39, 0.29) is 0 Å². The Morgan fingerprint density at radius 1 is 1.44 bits per heavy atom. The highest BCUT2D eigenvalue weighted by atomic mass is 16.4. The molecule has 0 aromatic heterocycles. The monoisotopic (exact) mass is 255 g/mol. The molecule has 2 fully saturated rings. The minimum Gasteiger partial charge on any atom is -0.480 e. The Morgan fingerprint density at radius 3 is 2.94 bits per heavy atom. The molecule has 2 rings (SSSR count). The highest BCUT2D eigenvalue weighted by molar-refractivity contribution is 5.72. The van der Waals surface area contributed by atoms with Gasteiger partial charge in [-0.3, -0.25) is 4.79 Å². The molecule has 0 radical (unpaired) electrons. The molecule has 5 heteroatoms. The fraction of sp³-hybridized carbons (Fsp3) is 0.923. The van der Waals surface area contributed by atoms with Gasteiger partial charge < -0.3 is 20.6 Å². The Kier molecular flexibility index (Phi) is 4.59. The molecule has 3 atom stereocenters. The van der Waals surface area contributed by atoms with E-state index in [4.69, 9.17) is 10.8 Å². The van der Waals surface area contributed by atoms with Gasteiger partial charge in [-0.1, -0.05) is 0 Å². The van der Waals surface area contributed by atoms with Crippen LogP contribution < -0.4 is 5.73 Å². The molecular weight excluding hydrogens is 230 g/mol. The van der Waals surface area contributed by atoms with E-state index in [0.717, 1.165) is 31.6 Å². The van der Waals surface area contributed by atoms with E-state index < -0.39 is 12.0 Å². The standard InChI is InChI=1S/C13H25N3O2/c1-15-6-2-3-10-9-16(8-5-12(10)15)7-4-11(14)13(17)18/h10-12H,2-9,14H2,1H3,(H,17,18). The largest absolute Gasteiger partial charge is 0.480 e. The lowest BCUT2D eigenvalue weighted by Gasteiger charge is -2.46. The van der Waals surface area contributed by atoms with Crippen molar-refractivity contribution >= 4 is 5.97 Å². The van der Waals surface area contributed by atoms with Crippen molar-refractivity contribution in [3.8, 4) is 0 Å². The van der Waals surface area contributed by atoms with Crippen LogP contribution in [-0.2, 0) is 4.79 Å². The number of aliphatic carboxylic acids is 1. The maximum atomic E-state index is 10.7. The Balaban J connectivity index is 1.78. The Bertz CT molecular complexity index is 298. The average Bonchev–Trinajstić information content (AvgIpc) is 2.36. The number of rotatable bonds is 4. The summed E-state index contributed by atoms with van der Waals surface area (Å²) in [6.07, 6.45) is 4.38. The van der Waals surface area contributed by atoms with E-state index in [2.05, 4.69) is 16.8 Å². The van der Waals surface area contributed by atoms with Crippen LogP contribution in [0.1, 0.15) is 25.7 Å². The molecule has 0 bridgehead atoms. The van der Waals surface area contributed by atoms with Gasteiger partial charge in [0.25, 0.3) is 0 Å². The summed E-state index contributed by atoms with van der Waals surface area (Å²) < 4.78 is 0. The zero-order valence-electron chi connectivity index (χ0n) is 11.2. The summed E-state index contributed by atoms with van der Waals surface area (Å²) in [5.74, 6) is -0.124. The molecule has 0 amide bonds. The number of piperidine rings is 2. The minimum atomic E-state index is -0.887. The molecule has 3 N–H and O–H groups in total. The molecule has 2 saturated heterocycles. The van der Waals surface area contributed by atoms with Crippen molar-refractivity contribution in [3.63, 3.8) is 0 Å². The first-order chi connectivity index (χ1) is 8.58. The normalized spacial score (nSPS) is 31.9. The molecule has 5 nitrogen and oxygen atoms in total. The summed E-state index contributed by atoms with van der Waals surface area (Å²) in [5.41, 5.74) is 5.55. The van der Waals surface area contributed by atoms with Gasteiger partial charge in [-0.05, 0) is 51.7 Å². The van der Waals surface area contributed by atoms with Crippen molar-refractivity contribution in [2.24, 2.45) is 11.7 Å². The van der Waals surface area contributed by atoms with Gasteiger partial charge in [-0.2, -0.15) is 0 Å². The summed E-state index contributed by atoms with van der Waals surface area (Å²) in [6, 6.07) is 0.0277. The predicted octanol–water partition coefficient (Wildman–Crippen LogP) is 0.205. The number of carboxylic acids is 1. The number of hydrogen-bond acceptors (Lipinski definition) is 4. The molecule has 2 aliphatic rings. The minimum absolute atomic E-state index is 0.558. The van der Waals surface area contributed by atoms with Gasteiger partial charge in [0.05, 0.1) is 0 Å². The Labute approximate surface area is 109 Å². The van der Waals surface area contributed by atoms with Crippen LogP contribution in [-0.4, -0.2) is 66.2 Å². The number of carboxylic acid groups (broad SMARTS) is 1. The maximum Gasteiger partial charge on any atom is 0.320 e. The number of hydrogen-bond donors (Lipinski definition) is 2. The quantitative estimate of drug-likeness (QED) is 0.751. The van der Waals surface area contributed by atoms with Gasteiger partial charge >= 0.3 is 5.97 Å². The van der Waals surface area contributed by atoms with E-state index in [0.29, 0.717) is 6.42 Å². The lowest BCUT2D eigenvalue weighted by atomic mass is 9.84. The second kappa shape index (κ2) is 5.99. The van der Waals surface area contributed by atoms with E-state index in [1.165, 1.54) is 25.8 Å². The fourth-order valence-electron chi connectivity index (χ4n) is 3.38. The van der Waals surface area contributed by atoms with Gasteiger partial charge in [0.2, 0.25) is 0 Å². The summed E-state index contributed by atoms with van der Waals surface area (Å²) in [4.78, 5) is 15.6. The van der Waals surface area contributed by atoms with Crippen LogP contribution in [0, 0.1) is 5.92 Å². The van der Waals surface area contributed by atoms with Gasteiger partial charge in [-0.25, -0.2) is 0 Å². The molecule has 0 aromatic carbocycles. The van der Waals surface area contributed by atoms with Crippen LogP contribution in [0.25, 0.3) is 0 Å². The maximum absolute atomic E-state index is 10.7. The van der Waals surface area contributed by atoms with Crippen LogP contribution in [0.4, 0.5) is 0 Å². The molecule has 18 heavy (non-hydrogen) atoms. The topological polar surface area (TPSA) is 69.8 Å². The van der Waals surface area contributed by atoms with Crippen molar-refractivity contribution in [3.05, 3.63) is 0 Å². The summed E-state index contributed by atoms with van der Waals surface area (Å²) in [7, 11) is 2.23. The number of nitrogens with zero attached hydrogens (tertiary/aromatic N) is 2. The highest BCUT2D eigenvalue weighted by Gasteiger charge is 2.34. The van der Waals surface area contributed by atoms with Gasteiger partial charge in [0, 0.05) is 19.1 Å². The third-order valence-corrected chi connectivity index (χ3v) is 4.50. The molecule has 0 spiro atoms. The second-order valence-electron chi connectivity index (χ2n) is 5.77. The average molecular weight is 255 g/mol. The van der Waals surface area contributed by atoms with E-state index in [9.17, 15) is 4.79 Å². The molecule has 3 unspecified atom stereocenters. The summed E-state index contributed by atoms with van der Waals surface area (Å²) in [5, 5.41) is 8.78. The fourth-order valence-corrected chi connectivity index (χ4v) is 3.38. The van der Waals surface area contributed by atoms with Crippen LogP contribution in [0.3, 0.4) is 0 Å². The van der Waals surface area contributed by atoms with Gasteiger partial charge in [0.15, 0.2) is 0 Å². The van der Waals surface area contributed by atoms with E-state index in [1.807, 2.05) is 0 Å². The first-order valence-electron chi connectivity index (χ1n) is 6.99. The van der Waals surface area contributed by atoms with Crippen LogP contribution >= 0.6 is 0 Å². The zero-order valence-corrected chi connectivity index (χ0v) is 11.2.